The van der Waals surface area contributed by atoms with Crippen LogP contribution >= 0.6 is 0 Å². The number of aromatic nitrogens is 2. The summed E-state index contributed by atoms with van der Waals surface area (Å²) in [5.41, 5.74) is -3.48. The summed E-state index contributed by atoms with van der Waals surface area (Å²) < 4.78 is 6.19. The monoisotopic (exact) mass is 282 g/mol. The van der Waals surface area contributed by atoms with Crippen molar-refractivity contribution in [2.45, 2.75) is 31.0 Å². The standard InChI is InChI=1S/C12H14N2O6/c1-2-4-12(19)9(17)7(6-15)20-10(12)14-5-3-8(16)13-11(14)18/h3,5,7,9-10,15,17,19H,6H2,1H3,(H,13,16,18)/t7-,9-,10?,12+/m1/s1. The molecule has 8 heteroatoms. The summed E-state index contributed by atoms with van der Waals surface area (Å²) >= 11 is 0. The van der Waals surface area contributed by atoms with Gasteiger partial charge in [0.25, 0.3) is 5.56 Å². The molecule has 1 aromatic rings. The maximum absolute atomic E-state index is 11.7. The van der Waals surface area contributed by atoms with Crippen LogP contribution in [0.3, 0.4) is 0 Å². The Labute approximate surface area is 113 Å². The fourth-order valence-corrected chi connectivity index (χ4v) is 2.14. The minimum Gasteiger partial charge on any atom is -0.394 e. The number of hydrogen-bond acceptors (Lipinski definition) is 6. The molecule has 0 bridgehead atoms. The number of aliphatic hydroxyl groups is 3. The molecule has 2 heterocycles. The van der Waals surface area contributed by atoms with E-state index in [4.69, 9.17) is 9.84 Å². The van der Waals surface area contributed by atoms with Crippen molar-refractivity contribution < 1.29 is 20.1 Å². The summed E-state index contributed by atoms with van der Waals surface area (Å²) in [4.78, 5) is 24.8. The van der Waals surface area contributed by atoms with Gasteiger partial charge >= 0.3 is 5.69 Å². The Morgan fingerprint density at radius 2 is 2.25 bits per heavy atom. The summed E-state index contributed by atoms with van der Waals surface area (Å²) in [6, 6.07) is 1.07. The molecule has 1 aliphatic heterocycles. The van der Waals surface area contributed by atoms with Crippen LogP contribution in [0, 0.1) is 11.8 Å². The third kappa shape index (κ3) is 2.17. The van der Waals surface area contributed by atoms with E-state index in [0.717, 1.165) is 16.8 Å². The Morgan fingerprint density at radius 1 is 1.55 bits per heavy atom. The lowest BCUT2D eigenvalue weighted by atomic mass is 9.94. The van der Waals surface area contributed by atoms with Crippen molar-refractivity contribution in [3.8, 4) is 11.8 Å². The third-order valence-corrected chi connectivity index (χ3v) is 3.09. The molecule has 0 saturated carbocycles. The van der Waals surface area contributed by atoms with Crippen LogP contribution in [0.4, 0.5) is 0 Å². The van der Waals surface area contributed by atoms with Gasteiger partial charge in [0, 0.05) is 12.3 Å². The lowest BCUT2D eigenvalue weighted by Gasteiger charge is -2.26. The molecule has 1 fully saturated rings. The quantitative estimate of drug-likeness (QED) is 0.446. The molecule has 0 amide bonds. The van der Waals surface area contributed by atoms with Gasteiger partial charge in [0.1, 0.15) is 12.2 Å². The van der Waals surface area contributed by atoms with Crippen molar-refractivity contribution >= 4 is 0 Å². The molecule has 0 radical (unpaired) electrons. The molecule has 0 aromatic carbocycles. The van der Waals surface area contributed by atoms with E-state index in [2.05, 4.69) is 11.8 Å². The Bertz CT molecular complexity index is 669. The normalized spacial score (nSPS) is 32.7. The summed E-state index contributed by atoms with van der Waals surface area (Å²) in [6.07, 6.45) is -2.81. The molecule has 1 saturated heterocycles. The van der Waals surface area contributed by atoms with Crippen LogP contribution in [0.15, 0.2) is 21.9 Å². The Morgan fingerprint density at radius 3 is 2.80 bits per heavy atom. The third-order valence-electron chi connectivity index (χ3n) is 3.09. The van der Waals surface area contributed by atoms with Crippen LogP contribution in [0.2, 0.25) is 0 Å². The molecule has 1 unspecified atom stereocenters. The smallest absolute Gasteiger partial charge is 0.330 e. The highest BCUT2D eigenvalue weighted by molar-refractivity contribution is 5.22. The van der Waals surface area contributed by atoms with E-state index in [1.165, 1.54) is 6.92 Å². The van der Waals surface area contributed by atoms with Crippen LogP contribution in [0.25, 0.3) is 0 Å². The Kier molecular flexibility index (Phi) is 3.78. The van der Waals surface area contributed by atoms with Crippen molar-refractivity contribution in [2.24, 2.45) is 0 Å². The first-order valence-electron chi connectivity index (χ1n) is 5.86. The highest BCUT2D eigenvalue weighted by Gasteiger charge is 2.55. The van der Waals surface area contributed by atoms with Crippen molar-refractivity contribution in [3.05, 3.63) is 33.1 Å². The first-order chi connectivity index (χ1) is 9.43. The Balaban J connectivity index is 2.55. The zero-order chi connectivity index (χ0) is 14.9. The number of nitrogens with zero attached hydrogens (tertiary/aromatic N) is 1. The predicted molar refractivity (Wildman–Crippen MR) is 66.7 cm³/mol. The summed E-state index contributed by atoms with van der Waals surface area (Å²) in [5.74, 6) is 4.84. The first-order valence-corrected chi connectivity index (χ1v) is 5.86. The summed E-state index contributed by atoms with van der Waals surface area (Å²) in [6.45, 7) is 0.896. The molecule has 8 nitrogen and oxygen atoms in total. The summed E-state index contributed by atoms with van der Waals surface area (Å²) in [7, 11) is 0. The molecule has 108 valence electrons. The highest BCUT2D eigenvalue weighted by atomic mass is 16.6. The maximum Gasteiger partial charge on any atom is 0.330 e. The second-order valence-corrected chi connectivity index (χ2v) is 4.37. The fourth-order valence-electron chi connectivity index (χ4n) is 2.14. The van der Waals surface area contributed by atoms with Gasteiger partial charge in [-0.25, -0.2) is 4.79 Å². The second-order valence-electron chi connectivity index (χ2n) is 4.37. The minimum absolute atomic E-state index is 0.552. The molecule has 0 spiro atoms. The molecule has 20 heavy (non-hydrogen) atoms. The molecular weight excluding hydrogens is 268 g/mol. The average Bonchev–Trinajstić information content (AvgIpc) is 2.63. The zero-order valence-corrected chi connectivity index (χ0v) is 10.6. The van der Waals surface area contributed by atoms with Crippen molar-refractivity contribution in [2.75, 3.05) is 6.61 Å². The number of H-pyrrole nitrogens is 1. The average molecular weight is 282 g/mol. The van der Waals surface area contributed by atoms with Gasteiger partial charge in [-0.15, -0.1) is 5.92 Å². The van der Waals surface area contributed by atoms with Gasteiger partial charge in [-0.05, 0) is 6.92 Å². The van der Waals surface area contributed by atoms with Gasteiger partial charge < -0.3 is 20.1 Å². The zero-order valence-electron chi connectivity index (χ0n) is 10.6. The van der Waals surface area contributed by atoms with Crippen LogP contribution in [-0.2, 0) is 4.74 Å². The van der Waals surface area contributed by atoms with E-state index in [1.807, 2.05) is 4.98 Å². The predicted octanol–water partition coefficient (Wildman–Crippen LogP) is -2.46. The van der Waals surface area contributed by atoms with Crippen LogP contribution < -0.4 is 11.2 Å². The largest absolute Gasteiger partial charge is 0.394 e. The molecule has 4 N–H and O–H groups in total. The van der Waals surface area contributed by atoms with Gasteiger partial charge in [0.15, 0.2) is 11.8 Å². The fraction of sp³-hybridized carbons (Fsp3) is 0.500. The van der Waals surface area contributed by atoms with E-state index in [1.54, 1.807) is 0 Å². The van der Waals surface area contributed by atoms with E-state index in [-0.39, 0.29) is 0 Å². The molecule has 4 atom stereocenters. The number of nitrogens with one attached hydrogen (secondary N) is 1. The van der Waals surface area contributed by atoms with E-state index < -0.39 is 41.9 Å². The van der Waals surface area contributed by atoms with E-state index in [9.17, 15) is 19.8 Å². The van der Waals surface area contributed by atoms with Crippen molar-refractivity contribution in [1.82, 2.24) is 9.55 Å². The van der Waals surface area contributed by atoms with Crippen LogP contribution in [0.5, 0.6) is 0 Å². The van der Waals surface area contributed by atoms with Gasteiger partial charge in [0.05, 0.1) is 6.61 Å². The van der Waals surface area contributed by atoms with E-state index in [0.29, 0.717) is 0 Å². The van der Waals surface area contributed by atoms with Gasteiger partial charge in [0.2, 0.25) is 0 Å². The minimum atomic E-state index is -2.07. The molecule has 2 rings (SSSR count). The van der Waals surface area contributed by atoms with E-state index >= 15 is 0 Å². The number of rotatable bonds is 2. The number of aromatic amines is 1. The van der Waals surface area contributed by atoms with Crippen LogP contribution in [0.1, 0.15) is 13.2 Å². The molecular formula is C12H14N2O6. The Hall–Kier alpha value is -1.92. The second kappa shape index (κ2) is 5.22. The molecule has 0 aliphatic carbocycles. The maximum atomic E-state index is 11.7. The van der Waals surface area contributed by atoms with Crippen LogP contribution in [-0.4, -0.2) is 49.3 Å². The molecule has 1 aromatic heterocycles. The topological polar surface area (TPSA) is 125 Å². The van der Waals surface area contributed by atoms with Crippen molar-refractivity contribution in [1.29, 1.82) is 0 Å². The number of ether oxygens (including phenoxy) is 1. The summed E-state index contributed by atoms with van der Waals surface area (Å²) in [5, 5.41) is 29.6. The SMILES string of the molecule is CC#C[C@@]1(O)C(n2ccc(=O)[nH]c2=O)O[C@H](CO)[C@H]1O. The lowest BCUT2D eigenvalue weighted by molar-refractivity contribution is -0.0765. The van der Waals surface area contributed by atoms with Gasteiger partial charge in [-0.3, -0.25) is 14.3 Å². The van der Waals surface area contributed by atoms with Gasteiger partial charge in [-0.1, -0.05) is 5.92 Å². The van der Waals surface area contributed by atoms with Crippen molar-refractivity contribution in [3.63, 3.8) is 0 Å². The highest BCUT2D eigenvalue weighted by Crippen LogP contribution is 2.37. The number of aliphatic hydroxyl groups excluding tert-OH is 2. The first kappa shape index (κ1) is 14.5. The van der Waals surface area contributed by atoms with Gasteiger partial charge in [-0.2, -0.15) is 0 Å². The lowest BCUT2D eigenvalue weighted by Crippen LogP contribution is -2.48. The number of hydrogen-bond donors (Lipinski definition) is 4. The molecule has 1 aliphatic rings.